The number of benzene rings is 1. The minimum absolute atomic E-state index is 0.0952. The Labute approximate surface area is 120 Å². The van der Waals surface area contributed by atoms with Crippen molar-refractivity contribution in [2.45, 2.75) is 19.8 Å². The molecule has 0 radical (unpaired) electrons. The molecular formula is C16H21NO3. The molecule has 0 saturated heterocycles. The number of carbonyl (C=O) groups excluding carboxylic acids is 1. The van der Waals surface area contributed by atoms with Gasteiger partial charge in [-0.25, -0.2) is 0 Å². The van der Waals surface area contributed by atoms with Crippen molar-refractivity contribution in [1.29, 1.82) is 0 Å². The Morgan fingerprint density at radius 1 is 1.30 bits per heavy atom. The van der Waals surface area contributed by atoms with Crippen LogP contribution in [0, 0.1) is 11.8 Å². The average molecular weight is 275 g/mol. The first-order valence-corrected chi connectivity index (χ1v) is 6.83. The Balaban J connectivity index is 2.32. The number of carbonyl (C=O) groups is 1. The van der Waals surface area contributed by atoms with Crippen molar-refractivity contribution in [3.05, 3.63) is 35.4 Å². The molecule has 0 aliphatic heterocycles. The summed E-state index contributed by atoms with van der Waals surface area (Å²) in [6.07, 6.45) is 1.82. The minimum atomic E-state index is -0.164. The molecule has 0 atom stereocenters. The third-order valence-electron chi connectivity index (χ3n) is 2.56. The predicted octanol–water partition coefficient (Wildman–Crippen LogP) is 1.58. The molecule has 1 aromatic carbocycles. The number of hydrogen-bond donors (Lipinski definition) is 2. The summed E-state index contributed by atoms with van der Waals surface area (Å²) in [6.45, 7) is 3.95. The van der Waals surface area contributed by atoms with Crippen molar-refractivity contribution < 1.29 is 14.6 Å². The number of rotatable bonds is 7. The molecule has 0 spiro atoms. The molecule has 1 amide bonds. The summed E-state index contributed by atoms with van der Waals surface area (Å²) >= 11 is 0. The fourth-order valence-corrected chi connectivity index (χ4v) is 1.57. The molecule has 1 aromatic rings. The van der Waals surface area contributed by atoms with Gasteiger partial charge < -0.3 is 15.2 Å². The highest BCUT2D eigenvalue weighted by Gasteiger charge is 2.03. The third kappa shape index (κ3) is 6.37. The molecule has 0 saturated carbocycles. The maximum atomic E-state index is 11.8. The van der Waals surface area contributed by atoms with E-state index in [1.165, 1.54) is 0 Å². The normalized spacial score (nSPS) is 9.70. The van der Waals surface area contributed by atoms with E-state index in [0.717, 1.165) is 25.0 Å². The molecule has 108 valence electrons. The average Bonchev–Trinajstić information content (AvgIpc) is 2.49. The maximum Gasteiger partial charge on any atom is 0.251 e. The smallest absolute Gasteiger partial charge is 0.251 e. The number of hydrogen-bond acceptors (Lipinski definition) is 3. The molecule has 1 rings (SSSR count). The first-order valence-electron chi connectivity index (χ1n) is 6.83. The molecule has 0 aliphatic carbocycles. The lowest BCUT2D eigenvalue weighted by Gasteiger charge is -2.06. The van der Waals surface area contributed by atoms with Gasteiger partial charge in [0.1, 0.15) is 6.61 Å². The largest absolute Gasteiger partial charge is 0.384 e. The highest BCUT2D eigenvalue weighted by molar-refractivity contribution is 5.94. The molecule has 0 heterocycles. The van der Waals surface area contributed by atoms with Crippen molar-refractivity contribution in [2.24, 2.45) is 0 Å². The van der Waals surface area contributed by atoms with Gasteiger partial charge in [-0.05, 0) is 37.1 Å². The summed E-state index contributed by atoms with van der Waals surface area (Å²) in [5, 5.41) is 11.4. The van der Waals surface area contributed by atoms with Gasteiger partial charge in [-0.1, -0.05) is 18.8 Å². The number of aliphatic hydroxyl groups is 1. The van der Waals surface area contributed by atoms with Gasteiger partial charge in [0.05, 0.1) is 0 Å². The molecule has 0 aromatic heterocycles. The van der Waals surface area contributed by atoms with Crippen LogP contribution in [-0.4, -0.2) is 37.4 Å². The SMILES string of the molecule is CCCOCCCNC(=O)c1ccc(C#CCO)cc1. The second-order valence-electron chi connectivity index (χ2n) is 4.26. The van der Waals surface area contributed by atoms with E-state index in [0.29, 0.717) is 18.7 Å². The second-order valence-corrected chi connectivity index (χ2v) is 4.26. The van der Waals surface area contributed by atoms with Crippen LogP contribution in [0.5, 0.6) is 0 Å². The molecule has 0 unspecified atom stereocenters. The van der Waals surface area contributed by atoms with E-state index < -0.39 is 0 Å². The highest BCUT2D eigenvalue weighted by Crippen LogP contribution is 2.03. The zero-order valence-corrected chi connectivity index (χ0v) is 11.8. The van der Waals surface area contributed by atoms with Crippen LogP contribution >= 0.6 is 0 Å². The van der Waals surface area contributed by atoms with Crippen LogP contribution in [-0.2, 0) is 4.74 Å². The van der Waals surface area contributed by atoms with Gasteiger partial charge in [0.2, 0.25) is 0 Å². The standard InChI is InChI=1S/C16H21NO3/c1-2-12-20-13-4-10-17-16(19)15-8-6-14(7-9-15)5-3-11-18/h6-9,18H,2,4,10-13H2,1H3,(H,17,19). The fourth-order valence-electron chi connectivity index (χ4n) is 1.57. The zero-order chi connectivity index (χ0) is 14.6. The summed E-state index contributed by atoms with van der Waals surface area (Å²) < 4.78 is 5.34. The Bertz CT molecular complexity index is 457. The molecule has 2 N–H and O–H groups in total. The molecule has 4 nitrogen and oxygen atoms in total. The number of ether oxygens (including phenoxy) is 1. The van der Waals surface area contributed by atoms with Gasteiger partial charge in [0.15, 0.2) is 0 Å². The van der Waals surface area contributed by atoms with Crippen molar-refractivity contribution in [3.8, 4) is 11.8 Å². The van der Waals surface area contributed by atoms with Crippen molar-refractivity contribution in [3.63, 3.8) is 0 Å². The van der Waals surface area contributed by atoms with Gasteiger partial charge in [-0.3, -0.25) is 4.79 Å². The van der Waals surface area contributed by atoms with E-state index in [9.17, 15) is 4.79 Å². The van der Waals surface area contributed by atoms with E-state index in [2.05, 4.69) is 24.1 Å². The zero-order valence-electron chi connectivity index (χ0n) is 11.8. The van der Waals surface area contributed by atoms with Crippen LogP contribution in [0.25, 0.3) is 0 Å². The Hall–Kier alpha value is -1.83. The molecule has 0 bridgehead atoms. The van der Waals surface area contributed by atoms with Gasteiger partial charge in [-0.2, -0.15) is 0 Å². The first-order chi connectivity index (χ1) is 9.77. The first kappa shape index (κ1) is 16.2. The summed E-state index contributed by atoms with van der Waals surface area (Å²) in [7, 11) is 0. The van der Waals surface area contributed by atoms with Crippen LogP contribution in [0.4, 0.5) is 0 Å². The molecule has 20 heavy (non-hydrogen) atoms. The maximum absolute atomic E-state index is 11.8. The molecule has 4 heteroatoms. The van der Waals surface area contributed by atoms with Crippen molar-refractivity contribution in [2.75, 3.05) is 26.4 Å². The quantitative estimate of drug-likeness (QED) is 0.587. The van der Waals surface area contributed by atoms with Gasteiger partial charge >= 0.3 is 0 Å². The van der Waals surface area contributed by atoms with E-state index in [4.69, 9.17) is 9.84 Å². The lowest BCUT2D eigenvalue weighted by Crippen LogP contribution is -2.25. The Morgan fingerprint density at radius 3 is 2.70 bits per heavy atom. The molecule has 0 aliphatic rings. The second kappa shape index (κ2) is 10.0. The summed E-state index contributed by atoms with van der Waals surface area (Å²) in [4.78, 5) is 11.8. The summed E-state index contributed by atoms with van der Waals surface area (Å²) in [6, 6.07) is 6.98. The molecular weight excluding hydrogens is 254 g/mol. The minimum Gasteiger partial charge on any atom is -0.384 e. The van der Waals surface area contributed by atoms with Crippen molar-refractivity contribution >= 4 is 5.91 Å². The van der Waals surface area contributed by atoms with Crippen LogP contribution in [0.15, 0.2) is 24.3 Å². The van der Waals surface area contributed by atoms with Gasteiger partial charge in [0, 0.05) is 30.9 Å². The van der Waals surface area contributed by atoms with E-state index in [1.807, 2.05) is 0 Å². The Morgan fingerprint density at radius 2 is 2.05 bits per heavy atom. The predicted molar refractivity (Wildman–Crippen MR) is 78.5 cm³/mol. The van der Waals surface area contributed by atoms with E-state index in [-0.39, 0.29) is 12.5 Å². The summed E-state index contributed by atoms with van der Waals surface area (Å²) in [5.74, 6) is 5.25. The van der Waals surface area contributed by atoms with E-state index in [1.54, 1.807) is 24.3 Å². The highest BCUT2D eigenvalue weighted by atomic mass is 16.5. The number of amides is 1. The lowest BCUT2D eigenvalue weighted by molar-refractivity contribution is 0.0941. The van der Waals surface area contributed by atoms with Gasteiger partial charge in [0.25, 0.3) is 5.91 Å². The van der Waals surface area contributed by atoms with Crippen LogP contribution in [0.2, 0.25) is 0 Å². The molecule has 0 fully saturated rings. The van der Waals surface area contributed by atoms with Crippen LogP contribution in [0.3, 0.4) is 0 Å². The Kier molecular flexibility index (Phi) is 8.13. The monoisotopic (exact) mass is 275 g/mol. The third-order valence-corrected chi connectivity index (χ3v) is 2.56. The number of nitrogens with one attached hydrogen (secondary N) is 1. The fraction of sp³-hybridized carbons (Fsp3) is 0.438. The number of aliphatic hydroxyl groups excluding tert-OH is 1. The van der Waals surface area contributed by atoms with Crippen LogP contribution in [0.1, 0.15) is 35.7 Å². The topological polar surface area (TPSA) is 58.6 Å². The summed E-state index contributed by atoms with van der Waals surface area (Å²) in [5.41, 5.74) is 1.39. The van der Waals surface area contributed by atoms with Crippen molar-refractivity contribution in [1.82, 2.24) is 5.32 Å². The van der Waals surface area contributed by atoms with E-state index >= 15 is 0 Å². The van der Waals surface area contributed by atoms with Gasteiger partial charge in [-0.15, -0.1) is 0 Å². The van der Waals surface area contributed by atoms with Crippen LogP contribution < -0.4 is 5.32 Å². The lowest BCUT2D eigenvalue weighted by atomic mass is 10.1.